The van der Waals surface area contributed by atoms with E-state index in [4.69, 9.17) is 4.74 Å². The van der Waals surface area contributed by atoms with Gasteiger partial charge >= 0.3 is 5.97 Å². The van der Waals surface area contributed by atoms with E-state index in [9.17, 15) is 4.79 Å². The summed E-state index contributed by atoms with van der Waals surface area (Å²) < 4.78 is 5.25. The molecule has 126 valence electrons. The summed E-state index contributed by atoms with van der Waals surface area (Å²) in [5.74, 6) is 0.138. The maximum Gasteiger partial charge on any atom is 0.319 e. The van der Waals surface area contributed by atoms with Gasteiger partial charge in [-0.05, 0) is 50.9 Å². The molecule has 4 heteroatoms. The molecule has 1 aliphatic rings. The molecule has 3 atom stereocenters. The van der Waals surface area contributed by atoms with Crippen LogP contribution in [0.5, 0.6) is 0 Å². The molecular weight excluding hydrogens is 288 g/mol. The summed E-state index contributed by atoms with van der Waals surface area (Å²) in [4.78, 5) is 16.3. The predicted octanol–water partition coefficient (Wildman–Crippen LogP) is 3.42. The summed E-state index contributed by atoms with van der Waals surface area (Å²) in [5, 5.41) is 3.36. The maximum atomic E-state index is 12.9. The van der Waals surface area contributed by atoms with Crippen LogP contribution in [0.2, 0.25) is 0 Å². The molecule has 0 fully saturated rings. The number of hydrogen-bond donors (Lipinski definition) is 2. The zero-order valence-corrected chi connectivity index (χ0v) is 14.8. The molecule has 23 heavy (non-hydrogen) atoms. The van der Waals surface area contributed by atoms with Crippen LogP contribution in [0.3, 0.4) is 0 Å². The zero-order chi connectivity index (χ0) is 17.0. The fourth-order valence-electron chi connectivity index (χ4n) is 3.92. The second kappa shape index (κ2) is 7.18. The molecule has 0 bridgehead atoms. The van der Waals surface area contributed by atoms with Gasteiger partial charge in [0.15, 0.2) is 0 Å². The van der Waals surface area contributed by atoms with Crippen LogP contribution in [0.25, 0.3) is 6.08 Å². The third-order valence-corrected chi connectivity index (χ3v) is 4.79. The van der Waals surface area contributed by atoms with Crippen molar-refractivity contribution in [3.8, 4) is 0 Å². The van der Waals surface area contributed by atoms with E-state index in [-0.39, 0.29) is 12.0 Å². The number of hydrogen-bond acceptors (Lipinski definition) is 3. The first-order valence-electron chi connectivity index (χ1n) is 8.31. The van der Waals surface area contributed by atoms with Crippen molar-refractivity contribution in [1.82, 2.24) is 10.3 Å². The van der Waals surface area contributed by atoms with E-state index in [0.717, 1.165) is 24.2 Å². The van der Waals surface area contributed by atoms with Crippen molar-refractivity contribution in [1.29, 1.82) is 0 Å². The number of carbonyl (C=O) groups excluding carboxylic acids is 1. The Bertz CT molecular complexity index is 615. The van der Waals surface area contributed by atoms with E-state index in [1.165, 1.54) is 12.7 Å². The Labute approximate surface area is 139 Å². The largest absolute Gasteiger partial charge is 0.468 e. The summed E-state index contributed by atoms with van der Waals surface area (Å²) in [5.41, 5.74) is 2.46. The lowest BCUT2D eigenvalue weighted by Gasteiger charge is -2.43. The van der Waals surface area contributed by atoms with Gasteiger partial charge in [0.2, 0.25) is 0 Å². The molecule has 1 aromatic heterocycles. The average molecular weight is 316 g/mol. The van der Waals surface area contributed by atoms with Crippen molar-refractivity contribution in [2.75, 3.05) is 14.2 Å². The Morgan fingerprint density at radius 3 is 2.83 bits per heavy atom. The molecule has 0 radical (unpaired) electrons. The van der Waals surface area contributed by atoms with Crippen LogP contribution in [-0.2, 0) is 14.9 Å². The Morgan fingerprint density at radius 2 is 2.26 bits per heavy atom. The van der Waals surface area contributed by atoms with Crippen LogP contribution in [-0.4, -0.2) is 31.2 Å². The number of carbonyl (C=O) groups is 1. The predicted molar refractivity (Wildman–Crippen MR) is 94.2 cm³/mol. The molecule has 0 aliphatic heterocycles. The highest BCUT2D eigenvalue weighted by Crippen LogP contribution is 2.43. The number of rotatable bonds is 5. The molecular formula is C19H28N2O2. The van der Waals surface area contributed by atoms with E-state index in [1.54, 1.807) is 0 Å². The van der Waals surface area contributed by atoms with Crippen molar-refractivity contribution in [2.45, 2.75) is 45.1 Å². The standard InChI is InChI=1S/C19H28N2O2/c1-6-8-15-9-10-16(21-15)19(18(22)23-5)12-13(3)11-14(7-2)17(19)20-4/h6,8-11,13,17,20-21H,7,12H2,1-5H3. The fraction of sp³-hybridized carbons (Fsp3) is 0.526. The summed E-state index contributed by atoms with van der Waals surface area (Å²) in [6.07, 6.45) is 7.92. The van der Waals surface area contributed by atoms with Gasteiger partial charge in [0.25, 0.3) is 0 Å². The zero-order valence-electron chi connectivity index (χ0n) is 14.8. The number of methoxy groups -OCH3 is 1. The molecule has 3 unspecified atom stereocenters. The Morgan fingerprint density at radius 1 is 1.52 bits per heavy atom. The van der Waals surface area contributed by atoms with Crippen molar-refractivity contribution < 1.29 is 9.53 Å². The first kappa shape index (κ1) is 17.5. The minimum absolute atomic E-state index is 0.0618. The number of allylic oxidation sites excluding steroid dienone is 2. The van der Waals surface area contributed by atoms with Crippen molar-refractivity contribution in [2.24, 2.45) is 5.92 Å². The summed E-state index contributed by atoms with van der Waals surface area (Å²) in [7, 11) is 3.39. The SMILES string of the molecule is CC=Cc1ccc(C2(C(=O)OC)CC(C)C=C(CC)C2NC)[nH]1. The molecule has 1 heterocycles. The van der Waals surface area contributed by atoms with Gasteiger partial charge in [0, 0.05) is 17.4 Å². The van der Waals surface area contributed by atoms with Crippen LogP contribution >= 0.6 is 0 Å². The first-order valence-corrected chi connectivity index (χ1v) is 8.31. The number of likely N-dealkylation sites (N-methyl/N-ethyl adjacent to an activating group) is 1. The molecule has 1 aliphatic carbocycles. The molecule has 2 rings (SSSR count). The summed E-state index contributed by atoms with van der Waals surface area (Å²) >= 11 is 0. The first-order chi connectivity index (χ1) is 11.0. The monoisotopic (exact) mass is 316 g/mol. The highest BCUT2D eigenvalue weighted by atomic mass is 16.5. The highest BCUT2D eigenvalue weighted by molar-refractivity contribution is 5.85. The molecule has 0 aromatic carbocycles. The normalized spacial score (nSPS) is 28.0. The van der Waals surface area contributed by atoms with Crippen LogP contribution in [0, 0.1) is 5.92 Å². The second-order valence-electron chi connectivity index (χ2n) is 6.29. The smallest absolute Gasteiger partial charge is 0.319 e. The minimum atomic E-state index is -0.719. The van der Waals surface area contributed by atoms with Gasteiger partial charge in [0.1, 0.15) is 5.41 Å². The van der Waals surface area contributed by atoms with Gasteiger partial charge < -0.3 is 15.0 Å². The molecule has 0 amide bonds. The van der Waals surface area contributed by atoms with E-state index in [1.807, 2.05) is 38.3 Å². The second-order valence-corrected chi connectivity index (χ2v) is 6.29. The van der Waals surface area contributed by atoms with E-state index in [0.29, 0.717) is 5.92 Å². The van der Waals surface area contributed by atoms with Crippen molar-refractivity contribution in [3.05, 3.63) is 41.2 Å². The van der Waals surface area contributed by atoms with E-state index >= 15 is 0 Å². The number of aromatic nitrogens is 1. The molecule has 0 saturated carbocycles. The van der Waals surface area contributed by atoms with Crippen molar-refractivity contribution in [3.63, 3.8) is 0 Å². The van der Waals surface area contributed by atoms with Crippen molar-refractivity contribution >= 4 is 12.0 Å². The maximum absolute atomic E-state index is 12.9. The van der Waals surface area contributed by atoms with Gasteiger partial charge in [-0.25, -0.2) is 0 Å². The molecule has 1 aromatic rings. The van der Waals surface area contributed by atoms with Crippen LogP contribution in [0.1, 0.15) is 45.0 Å². The number of H-pyrrole nitrogens is 1. The van der Waals surface area contributed by atoms with E-state index < -0.39 is 5.41 Å². The van der Waals surface area contributed by atoms with Crippen LogP contribution < -0.4 is 5.32 Å². The van der Waals surface area contributed by atoms with Gasteiger partial charge in [-0.15, -0.1) is 0 Å². The lowest BCUT2D eigenvalue weighted by molar-refractivity contribution is -0.149. The number of ether oxygens (including phenoxy) is 1. The average Bonchev–Trinajstić information content (AvgIpc) is 3.02. The molecule has 0 spiro atoms. The van der Waals surface area contributed by atoms with Crippen LogP contribution in [0.15, 0.2) is 29.9 Å². The van der Waals surface area contributed by atoms with Gasteiger partial charge in [0.05, 0.1) is 7.11 Å². The number of nitrogens with one attached hydrogen (secondary N) is 2. The number of aromatic amines is 1. The van der Waals surface area contributed by atoms with Crippen LogP contribution in [0.4, 0.5) is 0 Å². The summed E-state index contributed by atoms with van der Waals surface area (Å²) in [6.45, 7) is 6.28. The number of esters is 1. The third kappa shape index (κ3) is 3.00. The molecule has 0 saturated heterocycles. The fourth-order valence-corrected chi connectivity index (χ4v) is 3.92. The Hall–Kier alpha value is -1.81. The van der Waals surface area contributed by atoms with Gasteiger partial charge in [-0.2, -0.15) is 0 Å². The topological polar surface area (TPSA) is 54.1 Å². The highest BCUT2D eigenvalue weighted by Gasteiger charge is 2.52. The quantitative estimate of drug-likeness (QED) is 0.646. The Kier molecular flexibility index (Phi) is 5.47. The lowest BCUT2D eigenvalue weighted by Crippen LogP contribution is -2.56. The van der Waals surface area contributed by atoms with E-state index in [2.05, 4.69) is 30.2 Å². The molecule has 2 N–H and O–H groups in total. The third-order valence-electron chi connectivity index (χ3n) is 4.79. The van der Waals surface area contributed by atoms with Gasteiger partial charge in [-0.3, -0.25) is 4.79 Å². The Balaban J connectivity index is 2.62. The minimum Gasteiger partial charge on any atom is -0.468 e. The summed E-state index contributed by atoms with van der Waals surface area (Å²) in [6, 6.07) is 3.97. The molecule has 4 nitrogen and oxygen atoms in total. The lowest BCUT2D eigenvalue weighted by atomic mass is 9.64. The van der Waals surface area contributed by atoms with Gasteiger partial charge in [-0.1, -0.05) is 31.6 Å².